The first-order valence-electron chi connectivity index (χ1n) is 9.30. The largest absolute Gasteiger partial charge is 0.493 e. The average molecular weight is 345 g/mol. The van der Waals surface area contributed by atoms with Crippen molar-refractivity contribution in [3.8, 4) is 5.75 Å². The first kappa shape index (κ1) is 18.8. The molecule has 0 fully saturated rings. The summed E-state index contributed by atoms with van der Waals surface area (Å²) in [6.45, 7) is 8.86. The van der Waals surface area contributed by atoms with Crippen LogP contribution in [0.5, 0.6) is 5.75 Å². The van der Waals surface area contributed by atoms with E-state index in [1.165, 1.54) is 31.4 Å². The van der Waals surface area contributed by atoms with E-state index in [1.807, 2.05) is 30.5 Å². The molecule has 4 heteroatoms. The fourth-order valence-electron chi connectivity index (χ4n) is 3.00. The molecule has 1 aromatic rings. The van der Waals surface area contributed by atoms with Crippen molar-refractivity contribution in [2.45, 2.75) is 57.8 Å². The summed E-state index contributed by atoms with van der Waals surface area (Å²) in [4.78, 5) is 4.51. The third kappa shape index (κ3) is 6.15. The summed E-state index contributed by atoms with van der Waals surface area (Å²) in [5, 5.41) is 3.21. The minimum absolute atomic E-state index is 0.730. The van der Waals surface area contributed by atoms with Gasteiger partial charge in [-0.3, -0.25) is 4.99 Å². The molecule has 1 aliphatic rings. The monoisotopic (exact) mass is 344 g/mol. The Hall–Kier alpha value is -1.55. The Kier molecular flexibility index (Phi) is 7.57. The normalized spacial score (nSPS) is 14.2. The van der Waals surface area contributed by atoms with Crippen molar-refractivity contribution < 1.29 is 4.74 Å². The predicted octanol–water partition coefficient (Wildman–Crippen LogP) is 5.22. The number of hydrogen-bond acceptors (Lipinski definition) is 3. The van der Waals surface area contributed by atoms with Crippen molar-refractivity contribution in [2.24, 2.45) is 4.99 Å². The lowest BCUT2D eigenvalue weighted by Crippen LogP contribution is -2.24. The van der Waals surface area contributed by atoms with E-state index in [0.29, 0.717) is 0 Å². The standard InChI is InChI=1S/C20H32N2OSi/c1-4-5-16-24(2,3)17-9-8-15-23-19-12-7-6-11-18(19)20-21-13-10-14-22-20/h6-7,10-13H,4-5,8-9,14-17H2,1-3H3,(H,21,22). The molecule has 132 valence electrons. The van der Waals surface area contributed by atoms with E-state index in [4.69, 9.17) is 4.74 Å². The molecule has 0 amide bonds. The molecule has 1 N–H and O–H groups in total. The number of ether oxygens (including phenoxy) is 1. The highest BCUT2D eigenvalue weighted by atomic mass is 28.3. The first-order chi connectivity index (χ1) is 11.6. The molecule has 3 nitrogen and oxygen atoms in total. The number of hydrogen-bond donors (Lipinski definition) is 1. The van der Waals surface area contributed by atoms with Crippen LogP contribution < -0.4 is 10.1 Å². The Morgan fingerprint density at radius 3 is 2.67 bits per heavy atom. The van der Waals surface area contributed by atoms with Gasteiger partial charge in [0.15, 0.2) is 0 Å². The van der Waals surface area contributed by atoms with Gasteiger partial charge >= 0.3 is 0 Å². The number of benzene rings is 1. The highest BCUT2D eigenvalue weighted by Crippen LogP contribution is 2.22. The molecule has 0 saturated heterocycles. The van der Waals surface area contributed by atoms with Crippen LogP contribution in [-0.4, -0.2) is 27.1 Å². The van der Waals surface area contributed by atoms with Crippen molar-refractivity contribution in [3.63, 3.8) is 0 Å². The zero-order chi connectivity index (χ0) is 17.3. The van der Waals surface area contributed by atoms with Gasteiger partial charge in [-0.2, -0.15) is 0 Å². The Morgan fingerprint density at radius 1 is 1.12 bits per heavy atom. The molecule has 1 heterocycles. The summed E-state index contributed by atoms with van der Waals surface area (Å²) in [6.07, 6.45) is 9.10. The minimum atomic E-state index is -0.984. The van der Waals surface area contributed by atoms with Crippen LogP contribution in [0.2, 0.25) is 25.2 Å². The number of amidine groups is 1. The second kappa shape index (κ2) is 9.67. The Bertz CT molecular complexity index is 567. The van der Waals surface area contributed by atoms with E-state index < -0.39 is 8.07 Å². The summed E-state index contributed by atoms with van der Waals surface area (Å²) in [6, 6.07) is 11.0. The summed E-state index contributed by atoms with van der Waals surface area (Å²) < 4.78 is 6.06. The molecule has 1 aromatic carbocycles. The lowest BCUT2D eigenvalue weighted by molar-refractivity contribution is 0.308. The second-order valence-corrected chi connectivity index (χ2v) is 12.6. The van der Waals surface area contributed by atoms with Gasteiger partial charge in [0.05, 0.1) is 18.7 Å². The topological polar surface area (TPSA) is 33.6 Å². The third-order valence-corrected chi connectivity index (χ3v) is 7.96. The van der Waals surface area contributed by atoms with Gasteiger partial charge in [-0.15, -0.1) is 0 Å². The number of aliphatic imine (C=N–C) groups is 1. The number of unbranched alkanes of at least 4 members (excludes halogenated alkanes) is 2. The fourth-order valence-corrected chi connectivity index (χ4v) is 5.77. The van der Waals surface area contributed by atoms with Crippen LogP contribution in [0, 0.1) is 0 Å². The molecule has 0 aliphatic carbocycles. The average Bonchev–Trinajstić information content (AvgIpc) is 2.61. The maximum Gasteiger partial charge on any atom is 0.136 e. The van der Waals surface area contributed by atoms with E-state index in [2.05, 4.69) is 36.4 Å². The molecule has 0 spiro atoms. The van der Waals surface area contributed by atoms with Crippen molar-refractivity contribution in [3.05, 3.63) is 42.1 Å². The van der Waals surface area contributed by atoms with Gasteiger partial charge in [-0.1, -0.05) is 63.5 Å². The molecular weight excluding hydrogens is 312 g/mol. The summed E-state index contributed by atoms with van der Waals surface area (Å²) in [5.41, 5.74) is 1.06. The van der Waals surface area contributed by atoms with Gasteiger partial charge in [0, 0.05) is 14.3 Å². The molecule has 1 aliphatic heterocycles. The van der Waals surface area contributed by atoms with Crippen LogP contribution in [0.3, 0.4) is 0 Å². The van der Waals surface area contributed by atoms with Crippen molar-refractivity contribution in [1.29, 1.82) is 0 Å². The lowest BCUT2D eigenvalue weighted by atomic mass is 10.1. The molecule has 0 unspecified atom stereocenters. The van der Waals surface area contributed by atoms with Gasteiger partial charge in [0.2, 0.25) is 0 Å². The summed E-state index contributed by atoms with van der Waals surface area (Å²) >= 11 is 0. The van der Waals surface area contributed by atoms with Crippen LogP contribution in [0.15, 0.2) is 41.5 Å². The molecule has 24 heavy (non-hydrogen) atoms. The SMILES string of the molecule is CCCC[Si](C)(C)CCCCOc1ccccc1C1=NCC=CN1. The third-order valence-electron chi connectivity index (χ3n) is 4.55. The number of nitrogens with one attached hydrogen (secondary N) is 1. The maximum absolute atomic E-state index is 6.06. The van der Waals surface area contributed by atoms with Crippen molar-refractivity contribution >= 4 is 13.9 Å². The molecule has 0 atom stereocenters. The zero-order valence-corrected chi connectivity index (χ0v) is 16.5. The van der Waals surface area contributed by atoms with Crippen LogP contribution in [-0.2, 0) is 0 Å². The lowest BCUT2D eigenvalue weighted by Gasteiger charge is -2.22. The summed E-state index contributed by atoms with van der Waals surface area (Å²) in [7, 11) is -0.984. The molecule has 0 bridgehead atoms. The predicted molar refractivity (Wildman–Crippen MR) is 107 cm³/mol. The van der Waals surface area contributed by atoms with E-state index in [-0.39, 0.29) is 0 Å². The number of nitrogens with zero attached hydrogens (tertiary/aromatic N) is 1. The van der Waals surface area contributed by atoms with Gasteiger partial charge in [-0.25, -0.2) is 0 Å². The maximum atomic E-state index is 6.06. The minimum Gasteiger partial charge on any atom is -0.493 e. The number of rotatable bonds is 10. The van der Waals surface area contributed by atoms with Crippen LogP contribution >= 0.6 is 0 Å². The highest BCUT2D eigenvalue weighted by molar-refractivity contribution is 6.77. The Balaban J connectivity index is 1.78. The summed E-state index contributed by atoms with van der Waals surface area (Å²) in [5.74, 6) is 1.84. The number of para-hydroxylation sites is 1. The van der Waals surface area contributed by atoms with E-state index in [0.717, 1.165) is 36.7 Å². The van der Waals surface area contributed by atoms with Crippen LogP contribution in [0.25, 0.3) is 0 Å². The second-order valence-electron chi connectivity index (χ2n) is 7.31. The first-order valence-corrected chi connectivity index (χ1v) is 12.7. The quantitative estimate of drug-likeness (QED) is 0.466. The molecule has 2 rings (SSSR count). The van der Waals surface area contributed by atoms with Gasteiger partial charge in [0.1, 0.15) is 11.6 Å². The Morgan fingerprint density at radius 2 is 1.92 bits per heavy atom. The van der Waals surface area contributed by atoms with E-state index in [1.54, 1.807) is 0 Å². The molecule has 0 radical (unpaired) electrons. The fraction of sp³-hybridized carbons (Fsp3) is 0.550. The molecule has 0 aromatic heterocycles. The Labute approximate surface area is 148 Å². The van der Waals surface area contributed by atoms with Gasteiger partial charge in [-0.05, 0) is 24.6 Å². The molecule has 0 saturated carbocycles. The molecular formula is C20H32N2OSi. The van der Waals surface area contributed by atoms with Crippen LogP contribution in [0.1, 0.15) is 38.2 Å². The van der Waals surface area contributed by atoms with Crippen LogP contribution in [0.4, 0.5) is 0 Å². The van der Waals surface area contributed by atoms with Gasteiger partial charge < -0.3 is 10.1 Å². The zero-order valence-electron chi connectivity index (χ0n) is 15.5. The van der Waals surface area contributed by atoms with Crippen molar-refractivity contribution in [2.75, 3.05) is 13.2 Å². The smallest absolute Gasteiger partial charge is 0.136 e. The van der Waals surface area contributed by atoms with Crippen molar-refractivity contribution in [1.82, 2.24) is 5.32 Å². The highest BCUT2D eigenvalue weighted by Gasteiger charge is 2.18. The van der Waals surface area contributed by atoms with E-state index >= 15 is 0 Å². The van der Waals surface area contributed by atoms with E-state index in [9.17, 15) is 0 Å². The van der Waals surface area contributed by atoms with Gasteiger partial charge in [0.25, 0.3) is 0 Å².